The van der Waals surface area contributed by atoms with Gasteiger partial charge in [-0.3, -0.25) is 9.97 Å². The van der Waals surface area contributed by atoms with Crippen LogP contribution in [0.2, 0.25) is 0 Å². The molecule has 0 bridgehead atoms. The summed E-state index contributed by atoms with van der Waals surface area (Å²) >= 11 is 0. The Hall–Kier alpha value is -2.48. The van der Waals surface area contributed by atoms with Gasteiger partial charge in [0.05, 0.1) is 11.0 Å². The van der Waals surface area contributed by atoms with Crippen LogP contribution in [-0.2, 0) is 5.41 Å². The highest BCUT2D eigenvalue weighted by atomic mass is 14.8. The first-order valence-electron chi connectivity index (χ1n) is 9.07. The molecule has 0 aliphatic heterocycles. The summed E-state index contributed by atoms with van der Waals surface area (Å²) in [6.07, 6.45) is 5.63. The lowest BCUT2D eigenvalue weighted by molar-refractivity contribution is 0.525. The maximum atomic E-state index is 4.66. The van der Waals surface area contributed by atoms with Gasteiger partial charge in [0.2, 0.25) is 0 Å². The quantitative estimate of drug-likeness (QED) is 0.588. The second kappa shape index (κ2) is 6.05. The van der Waals surface area contributed by atoms with Crippen molar-refractivity contribution in [2.24, 2.45) is 5.41 Å². The van der Waals surface area contributed by atoms with Crippen LogP contribution in [-0.4, -0.2) is 9.97 Å². The summed E-state index contributed by atoms with van der Waals surface area (Å²) < 4.78 is 0. The van der Waals surface area contributed by atoms with Crippen LogP contribution >= 0.6 is 0 Å². The van der Waals surface area contributed by atoms with E-state index in [-0.39, 0.29) is 10.8 Å². The van der Waals surface area contributed by atoms with Crippen molar-refractivity contribution in [3.63, 3.8) is 0 Å². The van der Waals surface area contributed by atoms with E-state index in [1.807, 2.05) is 0 Å². The van der Waals surface area contributed by atoms with Gasteiger partial charge >= 0.3 is 0 Å². The third-order valence-electron chi connectivity index (χ3n) is 5.03. The largest absolute Gasteiger partial charge is 0.252 e. The van der Waals surface area contributed by atoms with E-state index >= 15 is 0 Å². The van der Waals surface area contributed by atoms with Crippen LogP contribution in [0.25, 0.3) is 34.5 Å². The molecular weight excluding hydrogens is 316 g/mol. The average molecular weight is 345 g/mol. The summed E-state index contributed by atoms with van der Waals surface area (Å²) in [6, 6.07) is 6.61. The van der Waals surface area contributed by atoms with Gasteiger partial charge in [-0.1, -0.05) is 66.8 Å². The van der Waals surface area contributed by atoms with Crippen molar-refractivity contribution in [1.29, 1.82) is 0 Å². The van der Waals surface area contributed by atoms with Crippen LogP contribution in [0.1, 0.15) is 47.1 Å². The van der Waals surface area contributed by atoms with Gasteiger partial charge in [-0.2, -0.15) is 0 Å². The molecule has 0 amide bonds. The van der Waals surface area contributed by atoms with Gasteiger partial charge < -0.3 is 0 Å². The van der Waals surface area contributed by atoms with Crippen molar-refractivity contribution in [3.05, 3.63) is 58.7 Å². The molecule has 2 aromatic carbocycles. The summed E-state index contributed by atoms with van der Waals surface area (Å²) in [6.45, 7) is 21.8. The van der Waals surface area contributed by atoms with Crippen molar-refractivity contribution in [3.8, 4) is 0 Å². The van der Waals surface area contributed by atoms with Gasteiger partial charge in [-0.25, -0.2) is 0 Å². The van der Waals surface area contributed by atoms with Gasteiger partial charge in [-0.05, 0) is 44.7 Å². The van der Waals surface area contributed by atoms with E-state index in [2.05, 4.69) is 88.9 Å². The van der Waals surface area contributed by atoms with Gasteiger partial charge in [0.1, 0.15) is 0 Å². The molecule has 0 saturated carbocycles. The van der Waals surface area contributed by atoms with E-state index < -0.39 is 0 Å². The molecule has 0 aliphatic rings. The molecule has 0 radical (unpaired) electrons. The second-order valence-electron chi connectivity index (χ2n) is 9.08. The SMILES string of the molecule is C=C(/C=c1\c(=C)c2ccc(C(C)(C)C)cc2c2nccnc12)C(C)(C)C. The number of allylic oxidation sites excluding steroid dienone is 1. The standard InChI is InChI=1S/C24H28N2/c1-15(23(3,4)5)13-19-16(2)18-10-9-17(24(6,7)8)14-20(18)22-21(19)25-11-12-26-22/h9-14H,1-2H2,3-8H3/b19-13+. The minimum Gasteiger partial charge on any atom is -0.252 e. The fourth-order valence-corrected chi connectivity index (χ4v) is 3.04. The maximum Gasteiger partial charge on any atom is 0.0971 e. The van der Waals surface area contributed by atoms with E-state index in [0.717, 1.165) is 37.8 Å². The summed E-state index contributed by atoms with van der Waals surface area (Å²) in [7, 11) is 0. The van der Waals surface area contributed by atoms with Crippen molar-refractivity contribution in [2.45, 2.75) is 47.0 Å². The molecular formula is C24H28N2. The fourth-order valence-electron chi connectivity index (χ4n) is 3.04. The number of hydrogen-bond acceptors (Lipinski definition) is 2. The van der Waals surface area contributed by atoms with Crippen LogP contribution in [0.15, 0.2) is 42.7 Å². The van der Waals surface area contributed by atoms with E-state index in [1.54, 1.807) is 12.4 Å². The maximum absolute atomic E-state index is 4.66. The molecule has 0 unspecified atom stereocenters. The van der Waals surface area contributed by atoms with Crippen LogP contribution < -0.4 is 10.4 Å². The molecule has 134 valence electrons. The van der Waals surface area contributed by atoms with E-state index in [1.165, 1.54) is 5.56 Å². The fraction of sp³-hybridized carbons (Fsp3) is 0.333. The number of aromatic nitrogens is 2. The molecule has 0 aliphatic carbocycles. The molecule has 0 fully saturated rings. The highest BCUT2D eigenvalue weighted by Gasteiger charge is 2.17. The Morgan fingerprint density at radius 1 is 0.923 bits per heavy atom. The normalized spacial score (nSPS) is 13.5. The third-order valence-corrected chi connectivity index (χ3v) is 5.03. The van der Waals surface area contributed by atoms with Crippen LogP contribution in [0.4, 0.5) is 0 Å². The topological polar surface area (TPSA) is 25.8 Å². The second-order valence-corrected chi connectivity index (χ2v) is 9.08. The highest BCUT2D eigenvalue weighted by molar-refractivity contribution is 6.04. The zero-order valence-corrected chi connectivity index (χ0v) is 16.8. The minimum atomic E-state index is -0.00792. The molecule has 26 heavy (non-hydrogen) atoms. The number of rotatable bonds is 1. The molecule has 1 aromatic heterocycles. The Balaban J connectivity index is 2.49. The summed E-state index contributed by atoms with van der Waals surface area (Å²) in [4.78, 5) is 9.31. The van der Waals surface area contributed by atoms with Crippen molar-refractivity contribution < 1.29 is 0 Å². The van der Waals surface area contributed by atoms with Gasteiger partial charge in [0.15, 0.2) is 0 Å². The van der Waals surface area contributed by atoms with Gasteiger partial charge in [0, 0.05) is 23.0 Å². The number of benzene rings is 2. The first-order chi connectivity index (χ1) is 12.0. The Labute approximate surface area is 156 Å². The molecule has 0 N–H and O–H groups in total. The van der Waals surface area contributed by atoms with Crippen molar-refractivity contribution >= 4 is 34.5 Å². The summed E-state index contributed by atoms with van der Waals surface area (Å²) in [5.41, 5.74) is 4.23. The van der Waals surface area contributed by atoms with E-state index in [9.17, 15) is 0 Å². The first-order valence-corrected chi connectivity index (χ1v) is 9.07. The Kier molecular flexibility index (Phi) is 4.26. The predicted molar refractivity (Wildman–Crippen MR) is 114 cm³/mol. The lowest BCUT2D eigenvalue weighted by atomic mass is 9.85. The van der Waals surface area contributed by atoms with Crippen LogP contribution in [0.3, 0.4) is 0 Å². The predicted octanol–water partition coefficient (Wildman–Crippen LogP) is 4.87. The Bertz CT molecular complexity index is 1120. The van der Waals surface area contributed by atoms with E-state index in [4.69, 9.17) is 0 Å². The molecule has 3 rings (SSSR count). The van der Waals surface area contributed by atoms with Gasteiger partial charge in [-0.15, -0.1) is 0 Å². The Morgan fingerprint density at radius 2 is 1.54 bits per heavy atom. The Morgan fingerprint density at radius 3 is 2.12 bits per heavy atom. The lowest BCUT2D eigenvalue weighted by Gasteiger charge is -2.20. The molecule has 0 atom stereocenters. The molecule has 0 spiro atoms. The zero-order chi connectivity index (χ0) is 19.3. The number of hydrogen-bond donors (Lipinski definition) is 0. The highest BCUT2D eigenvalue weighted by Crippen LogP contribution is 2.28. The lowest BCUT2D eigenvalue weighted by Crippen LogP contribution is -2.27. The number of fused-ring (bicyclic) bond motifs is 3. The third kappa shape index (κ3) is 3.16. The summed E-state index contributed by atoms with van der Waals surface area (Å²) in [5.74, 6) is 0. The molecule has 2 nitrogen and oxygen atoms in total. The molecule has 1 heterocycles. The minimum absolute atomic E-state index is 0.00792. The van der Waals surface area contributed by atoms with Crippen molar-refractivity contribution in [2.75, 3.05) is 0 Å². The number of nitrogens with zero attached hydrogens (tertiary/aromatic N) is 2. The van der Waals surface area contributed by atoms with Crippen LogP contribution in [0, 0.1) is 5.41 Å². The molecule has 0 saturated heterocycles. The van der Waals surface area contributed by atoms with E-state index in [0.29, 0.717) is 0 Å². The summed E-state index contributed by atoms with van der Waals surface area (Å²) in [5, 5.41) is 4.24. The van der Waals surface area contributed by atoms with Crippen LogP contribution in [0.5, 0.6) is 0 Å². The van der Waals surface area contributed by atoms with Gasteiger partial charge in [0.25, 0.3) is 0 Å². The molecule has 3 aromatic rings. The molecule has 2 heteroatoms. The van der Waals surface area contributed by atoms with Crippen molar-refractivity contribution in [1.82, 2.24) is 9.97 Å². The first kappa shape index (κ1) is 18.3. The monoisotopic (exact) mass is 344 g/mol. The average Bonchev–Trinajstić information content (AvgIpc) is 2.56. The zero-order valence-electron chi connectivity index (χ0n) is 16.8. The smallest absolute Gasteiger partial charge is 0.0971 e.